The van der Waals surface area contributed by atoms with Crippen molar-refractivity contribution in [1.82, 2.24) is 15.7 Å². The van der Waals surface area contributed by atoms with Crippen molar-refractivity contribution in [3.8, 4) is 5.75 Å². The Kier molecular flexibility index (Phi) is 45.8. The van der Waals surface area contributed by atoms with Gasteiger partial charge < -0.3 is 29.4 Å². The lowest BCUT2D eigenvalue weighted by atomic mass is 10.0. The Balaban J connectivity index is 1.82. The number of hydrogen-bond donors (Lipinski definition) is 2. The van der Waals surface area contributed by atoms with Crippen LogP contribution in [0.3, 0.4) is 0 Å². The molecule has 4 amide bonds. The Labute approximate surface area is 494 Å². The van der Waals surface area contributed by atoms with E-state index in [-0.39, 0.29) is 43.7 Å². The molecule has 0 bridgehead atoms. The third-order valence-corrected chi connectivity index (χ3v) is 16.9. The second-order valence-corrected chi connectivity index (χ2v) is 24.6. The fraction of sp³-hybridized carbons (Fsp3) is 0.825. The molecular formula is C63H111N4O14P. The van der Waals surface area contributed by atoms with Crippen LogP contribution in [0.4, 0.5) is 20.1 Å². The molecule has 0 aliphatic carbocycles. The molecule has 1 heterocycles. The van der Waals surface area contributed by atoms with Gasteiger partial charge in [0.05, 0.1) is 24.3 Å². The highest BCUT2D eigenvalue weighted by Crippen LogP contribution is 2.49. The van der Waals surface area contributed by atoms with Crippen molar-refractivity contribution in [3.63, 3.8) is 0 Å². The van der Waals surface area contributed by atoms with E-state index < -0.39 is 55.4 Å². The van der Waals surface area contributed by atoms with Crippen LogP contribution in [0.15, 0.2) is 24.3 Å². The number of imide groups is 1. The van der Waals surface area contributed by atoms with Crippen molar-refractivity contribution < 1.29 is 61.6 Å². The zero-order valence-corrected chi connectivity index (χ0v) is 52.0. The van der Waals surface area contributed by atoms with Gasteiger partial charge in [-0.3, -0.25) is 29.1 Å². The number of hydrogen-bond acceptors (Lipinski definition) is 14. The first-order valence-electron chi connectivity index (χ1n) is 32.7. The van der Waals surface area contributed by atoms with E-state index in [2.05, 4.69) is 24.5 Å². The first-order valence-corrected chi connectivity index (χ1v) is 34.4. The molecule has 2 atom stereocenters. The quantitative estimate of drug-likeness (QED) is 0.0118. The molecule has 0 radical (unpaired) electrons. The lowest BCUT2D eigenvalue weighted by Gasteiger charge is -2.23. The molecule has 2 N–H and O–H groups in total. The molecule has 1 saturated heterocycles. The Morgan fingerprint density at radius 3 is 1.32 bits per heavy atom. The fourth-order valence-corrected chi connectivity index (χ4v) is 11.7. The molecule has 82 heavy (non-hydrogen) atoms. The van der Waals surface area contributed by atoms with Crippen molar-refractivity contribution in [1.29, 1.82) is 0 Å². The van der Waals surface area contributed by atoms with Crippen molar-refractivity contribution in [3.05, 3.63) is 34.4 Å². The van der Waals surface area contributed by atoms with Gasteiger partial charge in [0.1, 0.15) is 12.4 Å². The molecule has 0 saturated carbocycles. The highest BCUT2D eigenvalue weighted by molar-refractivity contribution is 7.54. The second kappa shape index (κ2) is 51.0. The summed E-state index contributed by atoms with van der Waals surface area (Å²) >= 11 is 0. The summed E-state index contributed by atoms with van der Waals surface area (Å²) in [5, 5.41) is 17.4. The first kappa shape index (κ1) is 73.7. The van der Waals surface area contributed by atoms with E-state index in [0.717, 1.165) is 83.5 Å². The number of unbranched alkanes of at least 4 members (excludes halogenated alkanes) is 38. The van der Waals surface area contributed by atoms with Gasteiger partial charge in [-0.2, -0.15) is 0 Å². The first-order chi connectivity index (χ1) is 40.0. The molecule has 18 nitrogen and oxygen atoms in total. The van der Waals surface area contributed by atoms with Gasteiger partial charge in [-0.05, 0) is 37.8 Å². The van der Waals surface area contributed by atoms with Gasteiger partial charge in [-0.1, -0.05) is 256 Å². The van der Waals surface area contributed by atoms with Crippen LogP contribution in [0, 0.1) is 10.1 Å². The van der Waals surface area contributed by atoms with Gasteiger partial charge >= 0.3 is 25.9 Å². The number of carbonyl (C=O) groups excluding carboxylic acids is 5. The van der Waals surface area contributed by atoms with Gasteiger partial charge in [0.2, 0.25) is 0 Å². The largest absolute Gasteiger partial charge is 0.533 e. The summed E-state index contributed by atoms with van der Waals surface area (Å²) in [6.45, 7) is 4.74. The minimum atomic E-state index is -3.95. The average molecular weight is 1180 g/mol. The van der Waals surface area contributed by atoms with E-state index in [1.165, 1.54) is 191 Å². The van der Waals surface area contributed by atoms with Gasteiger partial charge in [0.15, 0.2) is 6.10 Å². The topological polar surface area (TPSA) is 228 Å². The lowest BCUT2D eigenvalue weighted by Crippen LogP contribution is -2.36. The van der Waals surface area contributed by atoms with Gasteiger partial charge in [0, 0.05) is 38.1 Å². The van der Waals surface area contributed by atoms with E-state index in [0.29, 0.717) is 31.0 Å². The number of alkyl carbamates (subject to hydrolysis) is 2. The van der Waals surface area contributed by atoms with Crippen LogP contribution in [0.2, 0.25) is 0 Å². The summed E-state index contributed by atoms with van der Waals surface area (Å²) in [7, 11) is -3.95. The maximum Gasteiger partial charge on any atom is 0.533 e. The number of ether oxygens (including phenoxy) is 3. The number of nitro benzene ring substituents is 1. The molecule has 1 fully saturated rings. The van der Waals surface area contributed by atoms with Crippen LogP contribution in [0.5, 0.6) is 5.75 Å². The number of hydroxylamine groups is 2. The monoisotopic (exact) mass is 1180 g/mol. The van der Waals surface area contributed by atoms with E-state index in [1.807, 2.05) is 0 Å². The minimum Gasteiger partial charge on any atom is -0.446 e. The zero-order chi connectivity index (χ0) is 59.4. The zero-order valence-electron chi connectivity index (χ0n) is 51.1. The molecule has 1 aliphatic heterocycles. The summed E-state index contributed by atoms with van der Waals surface area (Å²) in [4.78, 5) is 76.6. The Morgan fingerprint density at radius 1 is 0.524 bits per heavy atom. The number of nitro groups is 1. The standard InChI is InChI=1S/C63H111N4O14P/c1-3-5-7-9-11-13-15-17-19-21-23-25-28-32-36-40-50-64-61(70)77-54-58(79-62(71)65-51-41-37-33-29-26-24-22-20-18-16-14-12-10-8-6-4-2)55-78-82(75,81-57-46-44-56(45-47-57)67(73)74)53-43-39-35-31-27-30-34-38-42-52-76-63(72)80-66-59(68)48-49-60(66)69/h44-47,58H,3-43,48-55H2,1-2H3,(H,64,70)(H,65,71). The normalized spacial score (nSPS) is 13.4. The Morgan fingerprint density at radius 2 is 0.902 bits per heavy atom. The van der Waals surface area contributed by atoms with E-state index in [9.17, 15) is 38.7 Å². The molecular weight excluding hydrogens is 1070 g/mol. The van der Waals surface area contributed by atoms with Gasteiger partial charge in [0.25, 0.3) is 17.5 Å². The van der Waals surface area contributed by atoms with Gasteiger partial charge in [-0.15, -0.1) is 0 Å². The Bertz CT molecular complexity index is 1840. The molecule has 0 spiro atoms. The summed E-state index contributed by atoms with van der Waals surface area (Å²) in [6, 6.07) is 5.23. The number of non-ortho nitro benzene ring substituents is 1. The minimum absolute atomic E-state index is 0.0113. The van der Waals surface area contributed by atoms with Crippen molar-refractivity contribution >= 4 is 43.4 Å². The highest BCUT2D eigenvalue weighted by atomic mass is 31.2. The summed E-state index contributed by atoms with van der Waals surface area (Å²) in [6.07, 6.45) is 43.8. The SMILES string of the molecule is CCCCCCCCCCCCCCCCCCNC(=O)OCC(COP(=O)(CCCCCCCCCCCOC(=O)ON1C(=O)CCC1=O)Oc1ccc([N+](=O)[O-])cc1)OC(=O)NCCCCCCCCCCCCCCCCCC. The number of benzene rings is 1. The molecule has 1 aliphatic rings. The van der Waals surface area contributed by atoms with Crippen molar-refractivity contribution in [2.45, 2.75) is 296 Å². The molecule has 19 heteroatoms. The van der Waals surface area contributed by atoms with Crippen LogP contribution < -0.4 is 15.2 Å². The molecule has 0 aromatic heterocycles. The summed E-state index contributed by atoms with van der Waals surface area (Å²) in [5.41, 5.74) is -0.157. The van der Waals surface area contributed by atoms with Crippen molar-refractivity contribution in [2.75, 3.05) is 39.1 Å². The van der Waals surface area contributed by atoms with Crippen LogP contribution in [-0.4, -0.2) is 85.3 Å². The van der Waals surface area contributed by atoms with Gasteiger partial charge in [-0.25, -0.2) is 18.9 Å². The summed E-state index contributed by atoms with van der Waals surface area (Å²) < 4.78 is 42.6. The maximum atomic E-state index is 14.5. The second-order valence-electron chi connectivity index (χ2n) is 22.5. The summed E-state index contributed by atoms with van der Waals surface area (Å²) in [5.74, 6) is -1.01. The van der Waals surface area contributed by atoms with Crippen molar-refractivity contribution in [2.24, 2.45) is 0 Å². The third-order valence-electron chi connectivity index (χ3n) is 15.0. The van der Waals surface area contributed by atoms with Crippen LogP contribution in [0.1, 0.15) is 290 Å². The molecule has 472 valence electrons. The smallest absolute Gasteiger partial charge is 0.446 e. The van der Waals surface area contributed by atoms with E-state index >= 15 is 0 Å². The number of nitrogens with zero attached hydrogens (tertiary/aromatic N) is 2. The number of rotatable bonds is 56. The molecule has 1 aromatic carbocycles. The lowest BCUT2D eigenvalue weighted by molar-refractivity contribution is -0.384. The maximum absolute atomic E-state index is 14.5. The predicted molar refractivity (Wildman–Crippen MR) is 324 cm³/mol. The molecule has 2 rings (SSSR count). The number of amides is 4. The van der Waals surface area contributed by atoms with Crippen LogP contribution >= 0.6 is 7.60 Å². The van der Waals surface area contributed by atoms with Crippen LogP contribution in [0.25, 0.3) is 0 Å². The van der Waals surface area contributed by atoms with Crippen LogP contribution in [-0.2, 0) is 37.7 Å². The highest BCUT2D eigenvalue weighted by Gasteiger charge is 2.33. The predicted octanol–water partition coefficient (Wildman–Crippen LogP) is 18.3. The van der Waals surface area contributed by atoms with E-state index in [1.54, 1.807) is 0 Å². The number of nitrogens with one attached hydrogen (secondary N) is 2. The third kappa shape index (κ3) is 41.5. The average Bonchev–Trinajstić information content (AvgIpc) is 3.78. The van der Waals surface area contributed by atoms with E-state index in [4.69, 9.17) is 28.1 Å². The molecule has 1 aromatic rings. The molecule has 2 unspecified atom stereocenters. The Hall–Kier alpha value is -4.44. The fourth-order valence-electron chi connectivity index (χ4n) is 9.94. The number of carbonyl (C=O) groups is 5.